The second kappa shape index (κ2) is 6.86. The molecule has 0 atom stereocenters. The van der Waals surface area contributed by atoms with E-state index in [0.717, 1.165) is 5.69 Å². The van der Waals surface area contributed by atoms with Crippen LogP contribution in [0, 0.1) is 0 Å². The fourth-order valence-electron chi connectivity index (χ4n) is 1.50. The standard InChI is InChI=1S/C14H11ClF2N2O/c15-11-7-6-10(13(8-11)20-14(16)17)9-18-19-12-4-2-1-3-5-12/h1-9,14,19H. The number of anilines is 1. The van der Waals surface area contributed by atoms with Crippen molar-refractivity contribution in [3.8, 4) is 5.75 Å². The van der Waals surface area contributed by atoms with Gasteiger partial charge in [0, 0.05) is 10.6 Å². The van der Waals surface area contributed by atoms with Crippen LogP contribution in [0.2, 0.25) is 5.02 Å². The lowest BCUT2D eigenvalue weighted by molar-refractivity contribution is -0.0499. The number of alkyl halides is 2. The van der Waals surface area contributed by atoms with Crippen molar-refractivity contribution in [2.45, 2.75) is 6.61 Å². The van der Waals surface area contributed by atoms with E-state index in [4.69, 9.17) is 11.6 Å². The predicted molar refractivity (Wildman–Crippen MR) is 75.7 cm³/mol. The smallest absolute Gasteiger partial charge is 0.387 e. The molecule has 2 rings (SSSR count). The van der Waals surface area contributed by atoms with Gasteiger partial charge < -0.3 is 4.74 Å². The van der Waals surface area contributed by atoms with Crippen molar-refractivity contribution in [3.63, 3.8) is 0 Å². The molecule has 2 aromatic carbocycles. The Morgan fingerprint density at radius 1 is 1.15 bits per heavy atom. The van der Waals surface area contributed by atoms with Gasteiger partial charge in [-0.25, -0.2) is 0 Å². The lowest BCUT2D eigenvalue weighted by atomic mass is 10.2. The zero-order valence-corrected chi connectivity index (χ0v) is 11.0. The number of nitrogens with one attached hydrogen (secondary N) is 1. The molecule has 3 nitrogen and oxygen atoms in total. The van der Waals surface area contributed by atoms with E-state index in [9.17, 15) is 8.78 Å². The number of hydrogen-bond donors (Lipinski definition) is 1. The third-order valence-corrected chi connectivity index (χ3v) is 2.60. The number of nitrogens with zero attached hydrogens (tertiary/aromatic N) is 1. The first-order chi connectivity index (χ1) is 9.65. The molecule has 0 amide bonds. The lowest BCUT2D eigenvalue weighted by Gasteiger charge is -2.08. The van der Waals surface area contributed by atoms with Gasteiger partial charge in [0.15, 0.2) is 0 Å². The van der Waals surface area contributed by atoms with Crippen LogP contribution in [0.5, 0.6) is 5.75 Å². The van der Waals surface area contributed by atoms with E-state index in [-0.39, 0.29) is 5.75 Å². The first-order valence-electron chi connectivity index (χ1n) is 5.73. The van der Waals surface area contributed by atoms with Crippen molar-refractivity contribution in [2.24, 2.45) is 5.10 Å². The maximum Gasteiger partial charge on any atom is 0.387 e. The highest BCUT2D eigenvalue weighted by Crippen LogP contribution is 2.23. The van der Waals surface area contributed by atoms with E-state index in [0.29, 0.717) is 10.6 Å². The van der Waals surface area contributed by atoms with Crippen LogP contribution in [0.1, 0.15) is 5.56 Å². The molecular weight excluding hydrogens is 286 g/mol. The highest BCUT2D eigenvalue weighted by atomic mass is 35.5. The first kappa shape index (κ1) is 14.3. The van der Waals surface area contributed by atoms with Gasteiger partial charge in [-0.3, -0.25) is 5.43 Å². The van der Waals surface area contributed by atoms with Crippen molar-refractivity contribution in [1.82, 2.24) is 0 Å². The van der Waals surface area contributed by atoms with Crippen molar-refractivity contribution in [2.75, 3.05) is 5.43 Å². The van der Waals surface area contributed by atoms with Crippen molar-refractivity contribution in [1.29, 1.82) is 0 Å². The zero-order valence-electron chi connectivity index (χ0n) is 10.3. The molecule has 0 unspecified atom stereocenters. The third-order valence-electron chi connectivity index (χ3n) is 2.36. The molecule has 0 aliphatic carbocycles. The van der Waals surface area contributed by atoms with Crippen LogP contribution < -0.4 is 10.2 Å². The average molecular weight is 297 g/mol. The van der Waals surface area contributed by atoms with Crippen LogP contribution in [0.3, 0.4) is 0 Å². The van der Waals surface area contributed by atoms with Gasteiger partial charge in [0.2, 0.25) is 0 Å². The summed E-state index contributed by atoms with van der Waals surface area (Å²) in [4.78, 5) is 0. The molecule has 104 valence electrons. The second-order valence-electron chi connectivity index (χ2n) is 3.80. The van der Waals surface area contributed by atoms with Crippen LogP contribution in [0.25, 0.3) is 0 Å². The fourth-order valence-corrected chi connectivity index (χ4v) is 1.66. The normalized spacial score (nSPS) is 11.0. The maximum atomic E-state index is 12.3. The summed E-state index contributed by atoms with van der Waals surface area (Å²) in [7, 11) is 0. The Balaban J connectivity index is 2.12. The van der Waals surface area contributed by atoms with Gasteiger partial charge in [-0.2, -0.15) is 13.9 Å². The number of halogens is 3. The van der Waals surface area contributed by atoms with Crippen molar-refractivity contribution < 1.29 is 13.5 Å². The van der Waals surface area contributed by atoms with Gasteiger partial charge in [-0.1, -0.05) is 29.8 Å². The molecule has 0 saturated heterocycles. The number of ether oxygens (including phenoxy) is 1. The summed E-state index contributed by atoms with van der Waals surface area (Å²) in [6.07, 6.45) is 1.39. The van der Waals surface area contributed by atoms with E-state index in [1.165, 1.54) is 12.3 Å². The third kappa shape index (κ3) is 4.20. The predicted octanol–water partition coefficient (Wildman–Crippen LogP) is 4.39. The highest BCUT2D eigenvalue weighted by Gasteiger charge is 2.09. The summed E-state index contributed by atoms with van der Waals surface area (Å²) in [5.74, 6) is -0.0221. The zero-order chi connectivity index (χ0) is 14.4. The van der Waals surface area contributed by atoms with Crippen molar-refractivity contribution in [3.05, 3.63) is 59.1 Å². The molecule has 6 heteroatoms. The minimum Gasteiger partial charge on any atom is -0.434 e. The Hall–Kier alpha value is -2.14. The summed E-state index contributed by atoms with van der Waals surface area (Å²) in [5.41, 5.74) is 3.97. The molecule has 0 radical (unpaired) electrons. The minimum absolute atomic E-state index is 0.0221. The highest BCUT2D eigenvalue weighted by molar-refractivity contribution is 6.30. The van der Waals surface area contributed by atoms with Crippen LogP contribution in [0.4, 0.5) is 14.5 Å². The summed E-state index contributed by atoms with van der Waals surface area (Å²) < 4.78 is 29.0. The van der Waals surface area contributed by atoms with Gasteiger partial charge in [0.1, 0.15) is 5.75 Å². The van der Waals surface area contributed by atoms with E-state index in [2.05, 4.69) is 15.3 Å². The number of hydrazone groups is 1. The Kier molecular flexibility index (Phi) is 4.90. The average Bonchev–Trinajstić information content (AvgIpc) is 2.42. The van der Waals surface area contributed by atoms with E-state index >= 15 is 0 Å². The Bertz CT molecular complexity index is 591. The number of benzene rings is 2. The summed E-state index contributed by atoms with van der Waals surface area (Å²) in [5, 5.41) is 4.28. The molecule has 1 N–H and O–H groups in total. The number of para-hydroxylation sites is 1. The first-order valence-corrected chi connectivity index (χ1v) is 6.11. The van der Waals surface area contributed by atoms with Gasteiger partial charge in [0.05, 0.1) is 11.9 Å². The fraction of sp³-hybridized carbons (Fsp3) is 0.0714. The Morgan fingerprint density at radius 2 is 1.90 bits per heavy atom. The summed E-state index contributed by atoms with van der Waals surface area (Å²) in [6, 6.07) is 13.7. The van der Waals surface area contributed by atoms with Gasteiger partial charge in [0.25, 0.3) is 0 Å². The number of hydrogen-bond acceptors (Lipinski definition) is 3. The SMILES string of the molecule is FC(F)Oc1cc(Cl)ccc1C=NNc1ccccc1. The quantitative estimate of drug-likeness (QED) is 0.656. The molecule has 0 aliphatic rings. The minimum atomic E-state index is -2.91. The largest absolute Gasteiger partial charge is 0.434 e. The molecule has 0 heterocycles. The van der Waals surface area contributed by atoms with Crippen LogP contribution in [-0.2, 0) is 0 Å². The Labute approximate surface area is 119 Å². The maximum absolute atomic E-state index is 12.3. The van der Waals surface area contributed by atoms with Crippen LogP contribution in [0.15, 0.2) is 53.6 Å². The second-order valence-corrected chi connectivity index (χ2v) is 4.23. The molecule has 0 spiro atoms. The van der Waals surface area contributed by atoms with Crippen LogP contribution in [-0.4, -0.2) is 12.8 Å². The summed E-state index contributed by atoms with van der Waals surface area (Å²) in [6.45, 7) is -2.91. The topological polar surface area (TPSA) is 33.6 Å². The molecule has 20 heavy (non-hydrogen) atoms. The van der Waals surface area contributed by atoms with E-state index < -0.39 is 6.61 Å². The Morgan fingerprint density at radius 3 is 2.60 bits per heavy atom. The van der Waals surface area contributed by atoms with Crippen LogP contribution >= 0.6 is 11.6 Å². The molecule has 0 fully saturated rings. The lowest BCUT2D eigenvalue weighted by Crippen LogP contribution is -2.04. The summed E-state index contributed by atoms with van der Waals surface area (Å²) >= 11 is 5.75. The molecule has 2 aromatic rings. The molecular formula is C14H11ClF2N2O. The van der Waals surface area contributed by atoms with E-state index in [1.54, 1.807) is 12.1 Å². The molecule has 0 aromatic heterocycles. The van der Waals surface area contributed by atoms with Gasteiger partial charge >= 0.3 is 6.61 Å². The monoisotopic (exact) mass is 296 g/mol. The van der Waals surface area contributed by atoms with Gasteiger partial charge in [-0.15, -0.1) is 0 Å². The molecule has 0 saturated carbocycles. The molecule has 0 aliphatic heterocycles. The van der Waals surface area contributed by atoms with E-state index in [1.807, 2.05) is 30.3 Å². The molecule has 0 bridgehead atoms. The number of rotatable bonds is 5. The van der Waals surface area contributed by atoms with Crippen molar-refractivity contribution >= 4 is 23.5 Å². The van der Waals surface area contributed by atoms with Gasteiger partial charge in [-0.05, 0) is 30.3 Å².